The summed E-state index contributed by atoms with van der Waals surface area (Å²) in [6, 6.07) is 1.50. The number of hydrogen-bond acceptors (Lipinski definition) is 2. The quantitative estimate of drug-likeness (QED) is 0.665. The first kappa shape index (κ1) is 13.0. The number of hydrogen-bond donors (Lipinski definition) is 1. The van der Waals surface area contributed by atoms with Gasteiger partial charge in [-0.1, -0.05) is 13.8 Å². The average Bonchev–Trinajstić information content (AvgIpc) is 3.06. The second-order valence-corrected chi connectivity index (χ2v) is 5.03. The minimum absolute atomic E-state index is 0.717. The molecule has 0 amide bonds. The molecule has 1 unspecified atom stereocenters. The van der Waals surface area contributed by atoms with Gasteiger partial charge in [-0.05, 0) is 45.6 Å². The molecular weight excluding hydrogens is 184 g/mol. The summed E-state index contributed by atoms with van der Waals surface area (Å²) >= 11 is 0. The van der Waals surface area contributed by atoms with Crippen molar-refractivity contribution in [1.29, 1.82) is 0 Å². The van der Waals surface area contributed by atoms with Crippen LogP contribution in [0.4, 0.5) is 0 Å². The lowest BCUT2D eigenvalue weighted by Gasteiger charge is -2.25. The zero-order chi connectivity index (χ0) is 11.3. The van der Waals surface area contributed by atoms with Gasteiger partial charge >= 0.3 is 0 Å². The van der Waals surface area contributed by atoms with Gasteiger partial charge in [0.25, 0.3) is 0 Å². The van der Waals surface area contributed by atoms with Crippen molar-refractivity contribution in [2.24, 2.45) is 5.92 Å². The number of rotatable bonds is 8. The highest BCUT2D eigenvalue weighted by molar-refractivity contribution is 4.84. The third kappa shape index (κ3) is 4.52. The molecule has 1 rings (SSSR count). The van der Waals surface area contributed by atoms with Crippen molar-refractivity contribution in [1.82, 2.24) is 10.2 Å². The van der Waals surface area contributed by atoms with Gasteiger partial charge in [0.1, 0.15) is 0 Å². The van der Waals surface area contributed by atoms with Gasteiger partial charge < -0.3 is 10.2 Å². The smallest absolute Gasteiger partial charge is 0.0107 e. The summed E-state index contributed by atoms with van der Waals surface area (Å²) < 4.78 is 0. The van der Waals surface area contributed by atoms with Crippen LogP contribution in [0.15, 0.2) is 0 Å². The first-order chi connectivity index (χ1) is 7.19. The highest BCUT2D eigenvalue weighted by Gasteiger charge is 2.29. The molecule has 1 atom stereocenters. The zero-order valence-electron chi connectivity index (χ0n) is 10.9. The van der Waals surface area contributed by atoms with E-state index in [-0.39, 0.29) is 0 Å². The van der Waals surface area contributed by atoms with Crippen LogP contribution in [-0.4, -0.2) is 37.1 Å². The maximum Gasteiger partial charge on any atom is 0.0107 e. The van der Waals surface area contributed by atoms with E-state index >= 15 is 0 Å². The molecule has 0 aliphatic heterocycles. The van der Waals surface area contributed by atoms with Crippen molar-refractivity contribution in [3.63, 3.8) is 0 Å². The Labute approximate surface area is 95.4 Å². The summed E-state index contributed by atoms with van der Waals surface area (Å²) in [6.07, 6.45) is 5.40. The van der Waals surface area contributed by atoms with Crippen LogP contribution in [0.3, 0.4) is 0 Å². The van der Waals surface area contributed by atoms with E-state index in [4.69, 9.17) is 0 Å². The molecule has 15 heavy (non-hydrogen) atoms. The molecule has 1 aliphatic carbocycles. The van der Waals surface area contributed by atoms with Crippen LogP contribution >= 0.6 is 0 Å². The Morgan fingerprint density at radius 3 is 2.33 bits per heavy atom. The van der Waals surface area contributed by atoms with Crippen molar-refractivity contribution in [2.75, 3.05) is 20.1 Å². The van der Waals surface area contributed by atoms with Crippen molar-refractivity contribution in [2.45, 2.75) is 58.5 Å². The second-order valence-electron chi connectivity index (χ2n) is 5.03. The van der Waals surface area contributed by atoms with E-state index in [0.717, 1.165) is 24.5 Å². The summed E-state index contributed by atoms with van der Waals surface area (Å²) in [5.41, 5.74) is 0. The van der Waals surface area contributed by atoms with E-state index < -0.39 is 0 Å². The molecule has 0 spiro atoms. The predicted molar refractivity (Wildman–Crippen MR) is 67.2 cm³/mol. The van der Waals surface area contributed by atoms with Gasteiger partial charge in [-0.3, -0.25) is 0 Å². The largest absolute Gasteiger partial charge is 0.313 e. The predicted octanol–water partition coefficient (Wildman–Crippen LogP) is 2.49. The summed E-state index contributed by atoms with van der Waals surface area (Å²) in [6.45, 7) is 9.22. The van der Waals surface area contributed by atoms with E-state index in [9.17, 15) is 0 Å². The van der Waals surface area contributed by atoms with Gasteiger partial charge in [0.2, 0.25) is 0 Å². The molecule has 0 heterocycles. The van der Waals surface area contributed by atoms with E-state index in [1.165, 1.54) is 32.2 Å². The highest BCUT2D eigenvalue weighted by Crippen LogP contribution is 2.34. The number of nitrogens with one attached hydrogen (secondary N) is 1. The second kappa shape index (κ2) is 6.49. The molecule has 0 aromatic heterocycles. The summed E-state index contributed by atoms with van der Waals surface area (Å²) in [4.78, 5) is 2.51. The lowest BCUT2D eigenvalue weighted by molar-refractivity contribution is 0.231. The van der Waals surface area contributed by atoms with Crippen LogP contribution in [0, 0.1) is 5.92 Å². The van der Waals surface area contributed by atoms with Crippen LogP contribution in [0.25, 0.3) is 0 Å². The van der Waals surface area contributed by atoms with Gasteiger partial charge in [0.05, 0.1) is 0 Å². The summed E-state index contributed by atoms with van der Waals surface area (Å²) in [5, 5.41) is 3.62. The Morgan fingerprint density at radius 1 is 1.27 bits per heavy atom. The van der Waals surface area contributed by atoms with Crippen LogP contribution in [0.5, 0.6) is 0 Å². The fourth-order valence-corrected chi connectivity index (χ4v) is 2.16. The lowest BCUT2D eigenvalue weighted by Crippen LogP contribution is -2.39. The topological polar surface area (TPSA) is 15.3 Å². The lowest BCUT2D eigenvalue weighted by atomic mass is 10.1. The van der Waals surface area contributed by atoms with Gasteiger partial charge in [-0.25, -0.2) is 0 Å². The Hall–Kier alpha value is -0.0800. The molecule has 2 heteroatoms. The molecule has 0 radical (unpaired) electrons. The molecule has 0 aromatic carbocycles. The Kier molecular flexibility index (Phi) is 5.62. The molecule has 1 N–H and O–H groups in total. The standard InChI is InChI=1S/C13H28N2/c1-5-13(6-2)14-9-10-15(4)11(3)12-7-8-12/h11-14H,5-10H2,1-4H3. The van der Waals surface area contributed by atoms with Crippen molar-refractivity contribution in [3.8, 4) is 0 Å². The molecule has 1 aliphatic rings. The minimum Gasteiger partial charge on any atom is -0.313 e. The average molecular weight is 212 g/mol. The van der Waals surface area contributed by atoms with Gasteiger partial charge in [0.15, 0.2) is 0 Å². The van der Waals surface area contributed by atoms with Crippen LogP contribution < -0.4 is 5.32 Å². The van der Waals surface area contributed by atoms with E-state index in [2.05, 4.69) is 38.0 Å². The zero-order valence-corrected chi connectivity index (χ0v) is 10.9. The van der Waals surface area contributed by atoms with Gasteiger partial charge in [-0.15, -0.1) is 0 Å². The molecule has 0 aromatic rings. The Bertz CT molecular complexity index is 162. The maximum atomic E-state index is 3.62. The third-order valence-corrected chi connectivity index (χ3v) is 3.88. The molecule has 90 valence electrons. The highest BCUT2D eigenvalue weighted by atomic mass is 15.1. The molecule has 0 bridgehead atoms. The van der Waals surface area contributed by atoms with Gasteiger partial charge in [-0.2, -0.15) is 0 Å². The Balaban J connectivity index is 2.07. The first-order valence-corrected chi connectivity index (χ1v) is 6.62. The molecule has 1 fully saturated rings. The van der Waals surface area contributed by atoms with Crippen LogP contribution in [0.1, 0.15) is 46.5 Å². The molecule has 1 saturated carbocycles. The SMILES string of the molecule is CCC(CC)NCCN(C)C(C)C1CC1. The monoisotopic (exact) mass is 212 g/mol. The molecule has 2 nitrogen and oxygen atoms in total. The number of nitrogens with zero attached hydrogens (tertiary/aromatic N) is 1. The number of likely N-dealkylation sites (N-methyl/N-ethyl adjacent to an activating group) is 1. The van der Waals surface area contributed by atoms with Crippen molar-refractivity contribution < 1.29 is 0 Å². The van der Waals surface area contributed by atoms with E-state index in [1.54, 1.807) is 0 Å². The Morgan fingerprint density at radius 2 is 1.87 bits per heavy atom. The summed E-state index contributed by atoms with van der Waals surface area (Å²) in [7, 11) is 2.26. The van der Waals surface area contributed by atoms with Gasteiger partial charge in [0, 0.05) is 25.2 Å². The third-order valence-electron chi connectivity index (χ3n) is 3.88. The van der Waals surface area contributed by atoms with Crippen molar-refractivity contribution in [3.05, 3.63) is 0 Å². The van der Waals surface area contributed by atoms with E-state index in [1.807, 2.05) is 0 Å². The normalized spacial score (nSPS) is 18.8. The fraction of sp³-hybridized carbons (Fsp3) is 1.00. The maximum absolute atomic E-state index is 3.62. The summed E-state index contributed by atoms with van der Waals surface area (Å²) in [5.74, 6) is 0.989. The van der Waals surface area contributed by atoms with Crippen LogP contribution in [-0.2, 0) is 0 Å². The van der Waals surface area contributed by atoms with Crippen molar-refractivity contribution >= 4 is 0 Å². The van der Waals surface area contributed by atoms with E-state index in [0.29, 0.717) is 0 Å². The fourth-order valence-electron chi connectivity index (χ4n) is 2.16. The molecule has 0 saturated heterocycles. The minimum atomic E-state index is 0.717. The first-order valence-electron chi connectivity index (χ1n) is 6.62. The molecular formula is C13H28N2. The van der Waals surface area contributed by atoms with Crippen LogP contribution in [0.2, 0.25) is 0 Å².